The van der Waals surface area contributed by atoms with E-state index < -0.39 is 5.72 Å². The first-order valence-electron chi connectivity index (χ1n) is 8.60. The van der Waals surface area contributed by atoms with Gasteiger partial charge < -0.3 is 10.2 Å². The Hall–Kier alpha value is -1.96. The summed E-state index contributed by atoms with van der Waals surface area (Å²) in [5.41, 5.74) is 1.85. The van der Waals surface area contributed by atoms with E-state index in [0.29, 0.717) is 24.0 Å². The summed E-state index contributed by atoms with van der Waals surface area (Å²) >= 11 is 1.61. The molecule has 1 aliphatic carbocycles. The highest BCUT2D eigenvalue weighted by Crippen LogP contribution is 2.61. The van der Waals surface area contributed by atoms with E-state index in [1.54, 1.807) is 17.8 Å². The molecule has 6 nitrogen and oxygen atoms in total. The Morgan fingerprint density at radius 2 is 2.28 bits per heavy atom. The van der Waals surface area contributed by atoms with Gasteiger partial charge in [0.25, 0.3) is 5.72 Å². The second-order valence-corrected chi connectivity index (χ2v) is 9.05. The van der Waals surface area contributed by atoms with Crippen LogP contribution >= 0.6 is 11.8 Å². The summed E-state index contributed by atoms with van der Waals surface area (Å²) in [5.74, 6) is -0.0333. The predicted molar refractivity (Wildman–Crippen MR) is 90.9 cm³/mol. The first-order chi connectivity index (χ1) is 12.0. The third-order valence-corrected chi connectivity index (χ3v) is 8.08. The van der Waals surface area contributed by atoms with E-state index in [4.69, 9.17) is 4.99 Å². The largest absolute Gasteiger partial charge is 0.504 e. The SMILES string of the molecule is O=C1C=C2SC3CC24CC1(O)[NH+]1CCC2=c5c(c(O)c(c4c51)=N3)N=C2. The monoisotopic (exact) mass is 352 g/mol. The fraction of sp³-hybridized carbons (Fsp3) is 0.389. The smallest absolute Gasteiger partial charge is 0.269 e. The van der Waals surface area contributed by atoms with E-state index in [-0.39, 0.29) is 22.3 Å². The molecule has 6 aliphatic rings. The zero-order chi connectivity index (χ0) is 16.7. The van der Waals surface area contributed by atoms with Crippen LogP contribution in [0.25, 0.3) is 5.57 Å². The summed E-state index contributed by atoms with van der Waals surface area (Å²) < 4.78 is 0. The van der Waals surface area contributed by atoms with Gasteiger partial charge in [0.1, 0.15) is 22.1 Å². The van der Waals surface area contributed by atoms with Crippen molar-refractivity contribution in [2.24, 2.45) is 9.98 Å². The van der Waals surface area contributed by atoms with Gasteiger partial charge >= 0.3 is 0 Å². The number of aliphatic imine (C=N–C) groups is 1. The van der Waals surface area contributed by atoms with Crippen molar-refractivity contribution in [2.75, 3.05) is 6.54 Å². The Kier molecular flexibility index (Phi) is 1.91. The van der Waals surface area contributed by atoms with Crippen LogP contribution in [0.2, 0.25) is 0 Å². The number of benzene rings is 1. The molecule has 4 unspecified atom stereocenters. The minimum atomic E-state index is -1.42. The summed E-state index contributed by atoms with van der Waals surface area (Å²) in [5, 5.41) is 23.9. The molecule has 1 saturated heterocycles. The number of carbonyl (C=O) groups is 1. The van der Waals surface area contributed by atoms with E-state index in [9.17, 15) is 15.0 Å². The minimum absolute atomic E-state index is 0.0102. The van der Waals surface area contributed by atoms with E-state index in [1.807, 2.05) is 6.21 Å². The van der Waals surface area contributed by atoms with Gasteiger partial charge in [-0.2, -0.15) is 0 Å². The molecule has 5 heterocycles. The molecule has 1 spiro atoms. The molecule has 0 saturated carbocycles. The number of rotatable bonds is 0. The maximum absolute atomic E-state index is 12.9. The Balaban J connectivity index is 1.79. The van der Waals surface area contributed by atoms with Gasteiger partial charge in [0.2, 0.25) is 5.78 Å². The van der Waals surface area contributed by atoms with Crippen LogP contribution < -0.4 is 15.5 Å². The number of aliphatic hydroxyl groups is 1. The maximum Gasteiger partial charge on any atom is 0.269 e. The number of phenols is 1. The van der Waals surface area contributed by atoms with Gasteiger partial charge in [-0.3, -0.25) is 19.7 Å². The topological polar surface area (TPSA) is 86.7 Å². The maximum atomic E-state index is 12.9. The number of hydrogen-bond donors (Lipinski definition) is 3. The van der Waals surface area contributed by atoms with Gasteiger partial charge in [-0.15, -0.1) is 11.8 Å². The first-order valence-corrected chi connectivity index (χ1v) is 9.48. The molecule has 7 rings (SSSR count). The summed E-state index contributed by atoms with van der Waals surface area (Å²) in [7, 11) is 0. The Bertz CT molecular complexity index is 1150. The van der Waals surface area contributed by atoms with Gasteiger partial charge in [-0.25, -0.2) is 0 Å². The van der Waals surface area contributed by atoms with Crippen LogP contribution in [0.15, 0.2) is 21.0 Å². The predicted octanol–water partition coefficient (Wildman–Crippen LogP) is -0.928. The molecule has 1 aromatic rings. The summed E-state index contributed by atoms with van der Waals surface area (Å²) in [4.78, 5) is 23.9. The van der Waals surface area contributed by atoms with Gasteiger partial charge in [0, 0.05) is 29.0 Å². The van der Waals surface area contributed by atoms with Gasteiger partial charge in [0.05, 0.1) is 23.7 Å². The fourth-order valence-electron chi connectivity index (χ4n) is 5.82. The normalized spacial score (nSPS) is 40.3. The van der Waals surface area contributed by atoms with Gasteiger partial charge in [-0.05, 0) is 12.0 Å². The standard InChI is InChI=1S/C18H13N3O3S/c22-8-3-9-17-4-10(25-9)20-14-12(17)15-11-7(5-19-13(11)16(14)23)1-2-21(15)18(8,24)6-17/h3,5,10,23-24H,1-2,4,6H2/p+1. The fourth-order valence-corrected chi connectivity index (χ4v) is 7.29. The third-order valence-electron chi connectivity index (χ3n) is 6.77. The average molecular weight is 352 g/mol. The quantitative estimate of drug-likeness (QED) is 0.527. The van der Waals surface area contributed by atoms with Crippen LogP contribution in [0.5, 0.6) is 5.75 Å². The lowest BCUT2D eigenvalue weighted by Crippen LogP contribution is -3.20. The number of fused-ring (bicyclic) bond motifs is 3. The highest BCUT2D eigenvalue weighted by atomic mass is 32.2. The number of allylic oxidation sites excluding steroid dienone is 1. The number of ketones is 1. The van der Waals surface area contributed by atoms with Gasteiger partial charge in [0.15, 0.2) is 5.75 Å². The number of nitrogens with zero attached hydrogens (tertiary/aromatic N) is 2. The van der Waals surface area contributed by atoms with Crippen molar-refractivity contribution in [3.63, 3.8) is 0 Å². The second-order valence-electron chi connectivity index (χ2n) is 7.83. The molecule has 124 valence electrons. The molecule has 5 aliphatic heterocycles. The third kappa shape index (κ3) is 1.17. The number of phenolic OH excluding ortho intramolecular Hbond substituents is 1. The molecule has 0 radical (unpaired) electrons. The number of hydrogen-bond acceptors (Lipinski definition) is 6. The molecule has 0 aromatic heterocycles. The molecule has 3 bridgehead atoms. The summed E-state index contributed by atoms with van der Waals surface area (Å²) in [6.07, 6.45) is 5.40. The van der Waals surface area contributed by atoms with Crippen LogP contribution in [0.1, 0.15) is 24.8 Å². The number of nitrogens with one attached hydrogen (secondary N) is 1. The van der Waals surface area contributed by atoms with Crippen molar-refractivity contribution in [1.82, 2.24) is 0 Å². The van der Waals surface area contributed by atoms with E-state index in [1.165, 1.54) is 0 Å². The molecule has 1 aromatic carbocycles. The Morgan fingerprint density at radius 3 is 3.16 bits per heavy atom. The van der Waals surface area contributed by atoms with Crippen LogP contribution in [0, 0.1) is 0 Å². The lowest BCUT2D eigenvalue weighted by molar-refractivity contribution is -0.912. The van der Waals surface area contributed by atoms with Crippen molar-refractivity contribution in [3.05, 3.63) is 27.1 Å². The zero-order valence-electron chi connectivity index (χ0n) is 13.2. The summed E-state index contributed by atoms with van der Waals surface area (Å²) in [6.45, 7) is 0.656. The van der Waals surface area contributed by atoms with Gasteiger partial charge in [-0.1, -0.05) is 0 Å². The van der Waals surface area contributed by atoms with Crippen LogP contribution in [0.3, 0.4) is 0 Å². The Labute approximate surface area is 146 Å². The number of thioether (sulfide) groups is 1. The molecular formula is C18H14N3O3S+. The van der Waals surface area contributed by atoms with Crippen molar-refractivity contribution >= 4 is 40.7 Å². The number of carbonyl (C=O) groups excluding carboxylic acids is 1. The van der Waals surface area contributed by atoms with Crippen molar-refractivity contribution in [3.8, 4) is 5.75 Å². The van der Waals surface area contributed by atoms with Crippen LogP contribution in [0.4, 0.5) is 11.4 Å². The molecule has 0 amide bonds. The second kappa shape index (κ2) is 3.60. The minimum Gasteiger partial charge on any atom is -0.504 e. The van der Waals surface area contributed by atoms with Crippen molar-refractivity contribution < 1.29 is 19.9 Å². The van der Waals surface area contributed by atoms with Crippen molar-refractivity contribution in [1.29, 1.82) is 0 Å². The lowest BCUT2D eigenvalue weighted by Gasteiger charge is -2.50. The van der Waals surface area contributed by atoms with Crippen LogP contribution in [-0.4, -0.2) is 39.9 Å². The lowest BCUT2D eigenvalue weighted by atomic mass is 9.62. The molecule has 1 fully saturated rings. The molecule has 3 N–H and O–H groups in total. The Morgan fingerprint density at radius 1 is 1.40 bits per heavy atom. The van der Waals surface area contributed by atoms with E-state index in [0.717, 1.165) is 44.7 Å². The zero-order valence-corrected chi connectivity index (χ0v) is 14.0. The molecule has 4 atom stereocenters. The number of aromatic hydroxyl groups is 1. The highest BCUT2D eigenvalue weighted by Gasteiger charge is 2.67. The highest BCUT2D eigenvalue weighted by molar-refractivity contribution is 8.04. The van der Waals surface area contributed by atoms with Crippen LogP contribution in [-0.2, 0) is 10.2 Å². The van der Waals surface area contributed by atoms with E-state index >= 15 is 0 Å². The first kappa shape index (κ1) is 13.3. The average Bonchev–Trinajstić information content (AvgIpc) is 3.12. The molecule has 7 heteroatoms. The molecule has 25 heavy (non-hydrogen) atoms. The summed E-state index contributed by atoms with van der Waals surface area (Å²) in [6, 6.07) is 0. The molecular weight excluding hydrogens is 338 g/mol. The van der Waals surface area contributed by atoms with Crippen molar-refractivity contribution in [2.45, 2.75) is 35.8 Å². The van der Waals surface area contributed by atoms with E-state index in [2.05, 4.69) is 4.99 Å². The number of quaternary nitrogens is 1.